The van der Waals surface area contributed by atoms with Gasteiger partial charge in [0, 0.05) is 21.9 Å². The Morgan fingerprint density at radius 3 is 2.02 bits per heavy atom. The van der Waals surface area contributed by atoms with Crippen molar-refractivity contribution in [2.45, 2.75) is 44.9 Å². The van der Waals surface area contributed by atoms with Crippen LogP contribution in [0.4, 0.5) is 4.39 Å². The number of fused-ring (bicyclic) bond motifs is 12. The fraction of sp³-hybridized carbons (Fsp3) is 0.179. The van der Waals surface area contributed by atoms with Crippen molar-refractivity contribution in [1.82, 2.24) is 4.57 Å². The van der Waals surface area contributed by atoms with Crippen LogP contribution >= 0.6 is 0 Å². The first kappa shape index (κ1) is 23.3. The molecule has 0 saturated heterocycles. The molecule has 9 rings (SSSR count). The fourth-order valence-corrected chi connectivity index (χ4v) is 8.08. The molecule has 0 spiro atoms. The Labute approximate surface area is 238 Å². The number of halogens is 1. The third-order valence-electron chi connectivity index (χ3n) is 10.0. The van der Waals surface area contributed by atoms with E-state index in [1.165, 1.54) is 89.6 Å². The average molecular weight is 532 g/mol. The van der Waals surface area contributed by atoms with Gasteiger partial charge in [0.1, 0.15) is 5.82 Å². The molecule has 0 unspecified atom stereocenters. The molecule has 0 aliphatic heterocycles. The van der Waals surface area contributed by atoms with E-state index in [0.29, 0.717) is 0 Å². The molecule has 2 aliphatic carbocycles. The molecule has 6 aromatic carbocycles. The summed E-state index contributed by atoms with van der Waals surface area (Å²) in [6, 6.07) is 34.5. The van der Waals surface area contributed by atoms with Gasteiger partial charge in [0.15, 0.2) is 0 Å². The van der Waals surface area contributed by atoms with Crippen LogP contribution in [0.1, 0.15) is 48.9 Å². The maximum Gasteiger partial charge on any atom is 0.123 e. The van der Waals surface area contributed by atoms with E-state index in [1.54, 1.807) is 12.1 Å². The zero-order valence-corrected chi connectivity index (χ0v) is 23.4. The van der Waals surface area contributed by atoms with Crippen molar-refractivity contribution in [3.8, 4) is 16.8 Å². The predicted molar refractivity (Wildman–Crippen MR) is 170 cm³/mol. The second kappa shape index (κ2) is 8.07. The lowest BCUT2D eigenvalue weighted by molar-refractivity contribution is 0.627. The summed E-state index contributed by atoms with van der Waals surface area (Å²) in [7, 11) is 0. The Bertz CT molecular complexity index is 2230. The molecule has 0 fully saturated rings. The van der Waals surface area contributed by atoms with E-state index in [0.717, 1.165) is 18.5 Å². The Kier molecular flexibility index (Phi) is 4.59. The number of hydrogen-bond donors (Lipinski definition) is 0. The summed E-state index contributed by atoms with van der Waals surface area (Å²) >= 11 is 0. The van der Waals surface area contributed by atoms with E-state index < -0.39 is 0 Å². The standard InChI is InChI=1S/C39H30FN/c1-39(2)35-14-8-7-13-29(35)32-20-34-33-19-30-27-11-5-3-9-25(27)26-10-4-6-12-28(26)31(30)21-37(33)41(38(34)22-36(32)39)24-17-15-23(40)16-18-24/h3,5,7-9,11,13-22H,4,6,10,12H2,1-2H3. The van der Waals surface area contributed by atoms with E-state index in [4.69, 9.17) is 0 Å². The first-order chi connectivity index (χ1) is 20.0. The first-order valence-electron chi connectivity index (χ1n) is 14.9. The highest BCUT2D eigenvalue weighted by Crippen LogP contribution is 2.51. The second-order valence-electron chi connectivity index (χ2n) is 12.5. The Morgan fingerprint density at radius 1 is 0.561 bits per heavy atom. The van der Waals surface area contributed by atoms with Gasteiger partial charge in [-0.3, -0.25) is 0 Å². The number of benzene rings is 6. The Balaban J connectivity index is 1.48. The second-order valence-corrected chi connectivity index (χ2v) is 12.5. The van der Waals surface area contributed by atoms with Crippen molar-refractivity contribution in [3.63, 3.8) is 0 Å². The lowest BCUT2D eigenvalue weighted by Crippen LogP contribution is -2.14. The summed E-state index contributed by atoms with van der Waals surface area (Å²) in [4.78, 5) is 0. The molecule has 41 heavy (non-hydrogen) atoms. The van der Waals surface area contributed by atoms with Crippen LogP contribution in [0.25, 0.3) is 60.2 Å². The van der Waals surface area contributed by atoms with Gasteiger partial charge in [0.05, 0.1) is 11.0 Å². The number of aryl methyl sites for hydroxylation is 2. The smallest absolute Gasteiger partial charge is 0.123 e. The Hall–Kier alpha value is -4.43. The topological polar surface area (TPSA) is 4.93 Å². The molecule has 198 valence electrons. The van der Waals surface area contributed by atoms with Crippen molar-refractivity contribution in [3.05, 3.63) is 125 Å². The molecule has 0 bridgehead atoms. The minimum absolute atomic E-state index is 0.0931. The number of nitrogens with zero attached hydrogens (tertiary/aromatic N) is 1. The minimum Gasteiger partial charge on any atom is -0.309 e. The highest BCUT2D eigenvalue weighted by molar-refractivity contribution is 6.20. The summed E-state index contributed by atoms with van der Waals surface area (Å²) in [5, 5.41) is 7.97. The largest absolute Gasteiger partial charge is 0.309 e. The van der Waals surface area contributed by atoms with Crippen LogP contribution in [-0.2, 0) is 18.3 Å². The van der Waals surface area contributed by atoms with Crippen molar-refractivity contribution in [2.24, 2.45) is 0 Å². The molecular weight excluding hydrogens is 501 g/mol. The van der Waals surface area contributed by atoms with Gasteiger partial charge >= 0.3 is 0 Å². The molecule has 0 amide bonds. The van der Waals surface area contributed by atoms with Crippen LogP contribution in [0.2, 0.25) is 0 Å². The molecule has 0 N–H and O–H groups in total. The van der Waals surface area contributed by atoms with Crippen molar-refractivity contribution < 1.29 is 4.39 Å². The maximum atomic E-state index is 14.1. The molecule has 0 radical (unpaired) electrons. The van der Waals surface area contributed by atoms with Crippen LogP contribution in [0.3, 0.4) is 0 Å². The Morgan fingerprint density at radius 2 is 1.22 bits per heavy atom. The van der Waals surface area contributed by atoms with Gasteiger partial charge in [0.25, 0.3) is 0 Å². The highest BCUT2D eigenvalue weighted by Gasteiger charge is 2.36. The van der Waals surface area contributed by atoms with Crippen molar-refractivity contribution in [1.29, 1.82) is 0 Å². The molecule has 1 heterocycles. The minimum atomic E-state index is -0.210. The molecule has 1 nitrogen and oxygen atoms in total. The lowest BCUT2D eigenvalue weighted by Gasteiger charge is -2.22. The molecule has 7 aromatic rings. The van der Waals surface area contributed by atoms with Gasteiger partial charge in [0.2, 0.25) is 0 Å². The van der Waals surface area contributed by atoms with Gasteiger partial charge in [-0.15, -0.1) is 0 Å². The molecule has 2 heteroatoms. The van der Waals surface area contributed by atoms with Gasteiger partial charge in [-0.25, -0.2) is 4.39 Å². The maximum absolute atomic E-state index is 14.1. The van der Waals surface area contributed by atoms with Crippen LogP contribution in [-0.4, -0.2) is 4.57 Å². The quantitative estimate of drug-likeness (QED) is 0.186. The summed E-state index contributed by atoms with van der Waals surface area (Å²) < 4.78 is 16.5. The van der Waals surface area contributed by atoms with E-state index in [-0.39, 0.29) is 11.2 Å². The normalized spacial score (nSPS) is 15.5. The van der Waals surface area contributed by atoms with Gasteiger partial charge in [-0.05, 0) is 129 Å². The summed E-state index contributed by atoms with van der Waals surface area (Å²) in [5.41, 5.74) is 11.7. The van der Waals surface area contributed by atoms with Gasteiger partial charge < -0.3 is 4.57 Å². The van der Waals surface area contributed by atoms with E-state index in [1.807, 2.05) is 12.1 Å². The number of rotatable bonds is 1. The highest BCUT2D eigenvalue weighted by atomic mass is 19.1. The third-order valence-corrected chi connectivity index (χ3v) is 10.0. The average Bonchev–Trinajstić information content (AvgIpc) is 3.44. The zero-order valence-electron chi connectivity index (χ0n) is 23.4. The fourth-order valence-electron chi connectivity index (χ4n) is 8.08. The van der Waals surface area contributed by atoms with Crippen LogP contribution in [0.5, 0.6) is 0 Å². The monoisotopic (exact) mass is 531 g/mol. The summed E-state index contributed by atoms with van der Waals surface area (Å²) in [6.45, 7) is 4.67. The summed E-state index contributed by atoms with van der Waals surface area (Å²) in [5.74, 6) is -0.210. The zero-order chi connectivity index (χ0) is 27.5. The summed E-state index contributed by atoms with van der Waals surface area (Å²) in [6.07, 6.45) is 4.76. The lowest BCUT2D eigenvalue weighted by atomic mass is 9.82. The van der Waals surface area contributed by atoms with E-state index >= 15 is 0 Å². The van der Waals surface area contributed by atoms with Gasteiger partial charge in [-0.1, -0.05) is 62.4 Å². The molecule has 1 aromatic heterocycles. The van der Waals surface area contributed by atoms with Crippen LogP contribution in [0.15, 0.2) is 97.1 Å². The van der Waals surface area contributed by atoms with Crippen molar-refractivity contribution >= 4 is 43.4 Å². The van der Waals surface area contributed by atoms with Crippen LogP contribution in [0, 0.1) is 5.82 Å². The van der Waals surface area contributed by atoms with E-state index in [9.17, 15) is 4.39 Å². The molecular formula is C39H30FN. The number of hydrogen-bond acceptors (Lipinski definition) is 0. The first-order valence-corrected chi connectivity index (χ1v) is 14.9. The van der Waals surface area contributed by atoms with E-state index in [2.05, 4.69) is 91.2 Å². The van der Waals surface area contributed by atoms with Crippen LogP contribution < -0.4 is 0 Å². The van der Waals surface area contributed by atoms with Crippen molar-refractivity contribution in [2.75, 3.05) is 0 Å². The molecule has 0 saturated carbocycles. The third kappa shape index (κ3) is 3.05. The van der Waals surface area contributed by atoms with Gasteiger partial charge in [-0.2, -0.15) is 0 Å². The predicted octanol–water partition coefficient (Wildman–Crippen LogP) is 10.4. The SMILES string of the molecule is CC1(C)c2ccccc2-c2cc3c4cc5c(cc4n(-c4ccc(F)cc4)c3cc21)c1c(c2ccccc25)CCCC1. The number of aromatic nitrogens is 1. The molecule has 0 atom stereocenters. The molecule has 2 aliphatic rings.